The maximum absolute atomic E-state index is 12.1. The molecule has 0 aliphatic heterocycles. The summed E-state index contributed by atoms with van der Waals surface area (Å²) in [6.45, 7) is 0.251. The number of hydrogen-bond donors (Lipinski definition) is 1. The molecule has 84 valence electrons. The SMILES string of the molecule is CCN(CC(F)(F)F)C(=O)c1cn[nH]c1. The molecule has 0 saturated heterocycles. The summed E-state index contributed by atoms with van der Waals surface area (Å²) in [6.07, 6.45) is -1.92. The Morgan fingerprint density at radius 3 is 2.67 bits per heavy atom. The summed E-state index contributed by atoms with van der Waals surface area (Å²) in [5.74, 6) is -0.677. The molecule has 1 aromatic rings. The summed E-state index contributed by atoms with van der Waals surface area (Å²) in [4.78, 5) is 12.2. The van der Waals surface area contributed by atoms with Crippen LogP contribution in [0.5, 0.6) is 0 Å². The van der Waals surface area contributed by atoms with E-state index in [-0.39, 0.29) is 12.1 Å². The van der Waals surface area contributed by atoms with E-state index < -0.39 is 18.6 Å². The third kappa shape index (κ3) is 3.26. The molecule has 1 amide bonds. The number of nitrogens with zero attached hydrogens (tertiary/aromatic N) is 2. The number of nitrogens with one attached hydrogen (secondary N) is 1. The summed E-state index contributed by atoms with van der Waals surface area (Å²) >= 11 is 0. The van der Waals surface area contributed by atoms with Gasteiger partial charge in [0, 0.05) is 12.7 Å². The van der Waals surface area contributed by atoms with E-state index in [1.165, 1.54) is 19.3 Å². The predicted molar refractivity (Wildman–Crippen MR) is 46.2 cm³/mol. The van der Waals surface area contributed by atoms with Crippen LogP contribution in [0.3, 0.4) is 0 Å². The second-order valence-electron chi connectivity index (χ2n) is 2.92. The minimum atomic E-state index is -4.38. The molecule has 7 heteroatoms. The first-order chi connectivity index (χ1) is 6.94. The molecule has 0 bridgehead atoms. The highest BCUT2D eigenvalue weighted by Crippen LogP contribution is 2.17. The van der Waals surface area contributed by atoms with E-state index >= 15 is 0 Å². The van der Waals surface area contributed by atoms with Gasteiger partial charge in [0.15, 0.2) is 0 Å². The van der Waals surface area contributed by atoms with Gasteiger partial charge in [0.05, 0.1) is 11.8 Å². The third-order valence-electron chi connectivity index (χ3n) is 1.78. The molecule has 0 fully saturated rings. The van der Waals surface area contributed by atoms with Gasteiger partial charge in [-0.05, 0) is 6.92 Å². The molecule has 1 heterocycles. The van der Waals surface area contributed by atoms with Crippen LogP contribution < -0.4 is 0 Å². The summed E-state index contributed by atoms with van der Waals surface area (Å²) in [6, 6.07) is 0. The number of carbonyl (C=O) groups is 1. The average molecular weight is 221 g/mol. The van der Waals surface area contributed by atoms with Crippen LogP contribution in [0.25, 0.3) is 0 Å². The molecule has 0 radical (unpaired) electrons. The Morgan fingerprint density at radius 1 is 1.60 bits per heavy atom. The molecular formula is C8H10F3N3O. The lowest BCUT2D eigenvalue weighted by Gasteiger charge is -2.21. The first-order valence-electron chi connectivity index (χ1n) is 4.29. The number of aromatic amines is 1. The van der Waals surface area contributed by atoms with Crippen LogP contribution in [0, 0.1) is 0 Å². The molecule has 1 aromatic heterocycles. The minimum absolute atomic E-state index is 0.00350. The Kier molecular flexibility index (Phi) is 3.33. The Hall–Kier alpha value is -1.53. The fourth-order valence-electron chi connectivity index (χ4n) is 1.09. The van der Waals surface area contributed by atoms with E-state index in [1.54, 1.807) is 0 Å². The predicted octanol–water partition coefficient (Wildman–Crippen LogP) is 1.43. The van der Waals surface area contributed by atoms with Gasteiger partial charge in [0.25, 0.3) is 5.91 Å². The summed E-state index contributed by atoms with van der Waals surface area (Å²) < 4.78 is 36.2. The van der Waals surface area contributed by atoms with E-state index in [0.717, 1.165) is 0 Å². The number of carbonyl (C=O) groups excluding carboxylic acids is 1. The molecule has 0 aliphatic rings. The Bertz CT molecular complexity index is 320. The third-order valence-corrected chi connectivity index (χ3v) is 1.78. The number of amides is 1. The van der Waals surface area contributed by atoms with Crippen LogP contribution in [-0.4, -0.2) is 40.3 Å². The van der Waals surface area contributed by atoms with Crippen LogP contribution in [0.4, 0.5) is 13.2 Å². The lowest BCUT2D eigenvalue weighted by molar-refractivity contribution is -0.140. The normalized spacial score (nSPS) is 11.5. The maximum atomic E-state index is 12.1. The second-order valence-corrected chi connectivity index (χ2v) is 2.92. The van der Waals surface area contributed by atoms with Crippen LogP contribution in [0.15, 0.2) is 12.4 Å². The smallest absolute Gasteiger partial charge is 0.330 e. The van der Waals surface area contributed by atoms with Gasteiger partial charge in [0.1, 0.15) is 6.54 Å². The van der Waals surface area contributed by atoms with Gasteiger partial charge >= 0.3 is 6.18 Å². The lowest BCUT2D eigenvalue weighted by Crippen LogP contribution is -2.38. The Morgan fingerprint density at radius 2 is 2.27 bits per heavy atom. The van der Waals surface area contributed by atoms with Crippen molar-refractivity contribution in [1.82, 2.24) is 15.1 Å². The zero-order valence-corrected chi connectivity index (χ0v) is 8.01. The van der Waals surface area contributed by atoms with E-state index in [9.17, 15) is 18.0 Å². The van der Waals surface area contributed by atoms with Gasteiger partial charge in [-0.3, -0.25) is 9.89 Å². The Balaban J connectivity index is 2.72. The largest absolute Gasteiger partial charge is 0.406 e. The molecule has 0 atom stereocenters. The zero-order chi connectivity index (χ0) is 11.5. The Labute approximate surface area is 84.1 Å². The number of aromatic nitrogens is 2. The van der Waals surface area contributed by atoms with Crippen molar-refractivity contribution in [2.45, 2.75) is 13.1 Å². The van der Waals surface area contributed by atoms with Crippen molar-refractivity contribution >= 4 is 5.91 Å². The van der Waals surface area contributed by atoms with Crippen molar-refractivity contribution in [3.05, 3.63) is 18.0 Å². The molecule has 1 rings (SSSR count). The van der Waals surface area contributed by atoms with Crippen molar-refractivity contribution in [1.29, 1.82) is 0 Å². The fraction of sp³-hybridized carbons (Fsp3) is 0.500. The van der Waals surface area contributed by atoms with Crippen molar-refractivity contribution in [2.75, 3.05) is 13.1 Å². The second kappa shape index (κ2) is 4.33. The highest BCUT2D eigenvalue weighted by molar-refractivity contribution is 5.93. The topological polar surface area (TPSA) is 49.0 Å². The monoisotopic (exact) mass is 221 g/mol. The molecule has 0 aliphatic carbocycles. The van der Waals surface area contributed by atoms with Gasteiger partial charge in [-0.1, -0.05) is 0 Å². The zero-order valence-electron chi connectivity index (χ0n) is 8.01. The molecule has 0 unspecified atom stereocenters. The van der Waals surface area contributed by atoms with Crippen molar-refractivity contribution in [3.63, 3.8) is 0 Å². The summed E-state index contributed by atoms with van der Waals surface area (Å²) in [5.41, 5.74) is 0.126. The first-order valence-corrected chi connectivity index (χ1v) is 4.29. The average Bonchev–Trinajstić information content (AvgIpc) is 2.64. The highest BCUT2D eigenvalue weighted by Gasteiger charge is 2.32. The number of hydrogen-bond acceptors (Lipinski definition) is 2. The van der Waals surface area contributed by atoms with Gasteiger partial charge in [0.2, 0.25) is 0 Å². The van der Waals surface area contributed by atoms with Crippen molar-refractivity contribution in [2.24, 2.45) is 0 Å². The van der Waals surface area contributed by atoms with Crippen LogP contribution in [0.2, 0.25) is 0 Å². The van der Waals surface area contributed by atoms with Crippen LogP contribution in [-0.2, 0) is 0 Å². The number of halogens is 3. The summed E-state index contributed by atoms with van der Waals surface area (Å²) in [7, 11) is 0. The van der Waals surface area contributed by atoms with E-state index in [2.05, 4.69) is 10.2 Å². The van der Waals surface area contributed by atoms with E-state index in [0.29, 0.717) is 4.90 Å². The first kappa shape index (κ1) is 11.5. The van der Waals surface area contributed by atoms with Gasteiger partial charge in [-0.15, -0.1) is 0 Å². The quantitative estimate of drug-likeness (QED) is 0.839. The van der Waals surface area contributed by atoms with Crippen molar-refractivity contribution in [3.8, 4) is 0 Å². The van der Waals surface area contributed by atoms with Gasteiger partial charge < -0.3 is 4.90 Å². The van der Waals surface area contributed by atoms with Crippen LogP contribution >= 0.6 is 0 Å². The van der Waals surface area contributed by atoms with Gasteiger partial charge in [-0.2, -0.15) is 18.3 Å². The van der Waals surface area contributed by atoms with Crippen LogP contribution in [0.1, 0.15) is 17.3 Å². The molecular weight excluding hydrogens is 211 g/mol. The lowest BCUT2D eigenvalue weighted by atomic mass is 10.3. The number of H-pyrrole nitrogens is 1. The fourth-order valence-corrected chi connectivity index (χ4v) is 1.09. The number of alkyl halides is 3. The standard InChI is InChI=1S/C8H10F3N3O/c1-2-14(5-8(9,10)11)7(15)6-3-12-13-4-6/h3-4H,2,5H2,1H3,(H,12,13). The summed E-state index contributed by atoms with van der Waals surface area (Å²) in [5, 5.41) is 5.88. The number of rotatable bonds is 3. The maximum Gasteiger partial charge on any atom is 0.406 e. The minimum Gasteiger partial charge on any atom is -0.330 e. The highest BCUT2D eigenvalue weighted by atomic mass is 19.4. The molecule has 1 N–H and O–H groups in total. The molecule has 4 nitrogen and oxygen atoms in total. The van der Waals surface area contributed by atoms with Gasteiger partial charge in [-0.25, -0.2) is 0 Å². The molecule has 0 saturated carbocycles. The van der Waals surface area contributed by atoms with E-state index in [1.807, 2.05) is 0 Å². The molecule has 15 heavy (non-hydrogen) atoms. The van der Waals surface area contributed by atoms with E-state index in [4.69, 9.17) is 0 Å². The molecule has 0 aromatic carbocycles. The molecule has 0 spiro atoms. The van der Waals surface area contributed by atoms with Crippen molar-refractivity contribution < 1.29 is 18.0 Å².